The molecule has 0 atom stereocenters. The van der Waals surface area contributed by atoms with Crippen molar-refractivity contribution in [3.8, 4) is 0 Å². The summed E-state index contributed by atoms with van der Waals surface area (Å²) >= 11 is 0. The number of fused-ring (bicyclic) bond motifs is 1. The maximum Gasteiger partial charge on any atom is 0.261 e. The number of nitrogens with one attached hydrogen (secondary N) is 4. The zero-order valence-corrected chi connectivity index (χ0v) is 14.8. The zero-order valence-electron chi connectivity index (χ0n) is 14.8. The molecule has 1 aromatic carbocycles. The van der Waals surface area contributed by atoms with Crippen molar-refractivity contribution in [3.63, 3.8) is 0 Å². The van der Waals surface area contributed by atoms with Gasteiger partial charge in [-0.25, -0.2) is 9.97 Å². The van der Waals surface area contributed by atoms with Crippen LogP contribution < -0.4 is 16.2 Å². The second-order valence-corrected chi connectivity index (χ2v) is 6.17. The minimum absolute atomic E-state index is 0.232. The molecule has 0 amide bonds. The van der Waals surface area contributed by atoms with E-state index >= 15 is 0 Å². The number of hydrogen-bond donors (Lipinski definition) is 4. The van der Waals surface area contributed by atoms with Crippen molar-refractivity contribution >= 4 is 28.4 Å². The first-order chi connectivity index (χ1) is 13.2. The average Bonchev–Trinajstić information content (AvgIpc) is 3.15. The summed E-state index contributed by atoms with van der Waals surface area (Å²) < 4.78 is 0. The van der Waals surface area contributed by atoms with Gasteiger partial charge in [-0.05, 0) is 30.7 Å². The molecule has 3 aromatic heterocycles. The number of aromatic amines is 2. The van der Waals surface area contributed by atoms with Gasteiger partial charge in [-0.1, -0.05) is 12.1 Å². The van der Waals surface area contributed by atoms with Gasteiger partial charge in [0.05, 0.1) is 5.52 Å². The summed E-state index contributed by atoms with van der Waals surface area (Å²) in [6.45, 7) is 2.63. The third kappa shape index (κ3) is 3.79. The third-order valence-corrected chi connectivity index (χ3v) is 4.10. The predicted molar refractivity (Wildman–Crippen MR) is 105 cm³/mol. The second-order valence-electron chi connectivity index (χ2n) is 6.17. The fourth-order valence-electron chi connectivity index (χ4n) is 2.85. The Morgan fingerprint density at radius 3 is 2.85 bits per heavy atom. The van der Waals surface area contributed by atoms with Gasteiger partial charge >= 0.3 is 0 Å². The third-order valence-electron chi connectivity index (χ3n) is 4.10. The van der Waals surface area contributed by atoms with Crippen LogP contribution in [0.1, 0.15) is 11.4 Å². The monoisotopic (exact) mass is 361 g/mol. The van der Waals surface area contributed by atoms with Crippen LogP contribution >= 0.6 is 0 Å². The van der Waals surface area contributed by atoms with Crippen molar-refractivity contribution in [2.75, 3.05) is 17.2 Å². The highest BCUT2D eigenvalue weighted by Crippen LogP contribution is 2.23. The highest BCUT2D eigenvalue weighted by atomic mass is 16.1. The minimum Gasteiger partial charge on any atom is -0.354 e. The molecule has 0 aliphatic carbocycles. The van der Waals surface area contributed by atoms with Gasteiger partial charge in [-0.15, -0.1) is 0 Å². The minimum atomic E-state index is -0.232. The van der Waals surface area contributed by atoms with Crippen molar-refractivity contribution in [1.82, 2.24) is 24.9 Å². The highest BCUT2D eigenvalue weighted by molar-refractivity contribution is 5.90. The van der Waals surface area contributed by atoms with Crippen molar-refractivity contribution in [2.24, 2.45) is 0 Å². The summed E-state index contributed by atoms with van der Waals surface area (Å²) in [5, 5.41) is 6.87. The lowest BCUT2D eigenvalue weighted by Crippen LogP contribution is -2.13. The quantitative estimate of drug-likeness (QED) is 0.420. The Bertz CT molecular complexity index is 1120. The summed E-state index contributed by atoms with van der Waals surface area (Å²) in [4.78, 5) is 31.3. The standard InChI is InChI=1S/C19H19N7O/c1-12-3-2-4-13(11-12)24-17-16-14(5-7-22-18(16)27)25-19(26-17)23-8-6-15-20-9-10-21-15/h2-5,7,9-11H,6,8H2,1H3,(H,20,21)(H,22,27)(H2,23,24,25,26). The van der Waals surface area contributed by atoms with Crippen LogP contribution in [0.4, 0.5) is 17.5 Å². The summed E-state index contributed by atoms with van der Waals surface area (Å²) in [5.74, 6) is 1.81. The normalized spacial score (nSPS) is 10.9. The number of nitrogens with zero attached hydrogens (tertiary/aromatic N) is 3. The molecular weight excluding hydrogens is 342 g/mol. The maximum atomic E-state index is 12.3. The summed E-state index contributed by atoms with van der Waals surface area (Å²) in [6.07, 6.45) is 5.81. The van der Waals surface area contributed by atoms with E-state index < -0.39 is 0 Å². The molecule has 0 unspecified atom stereocenters. The Kier molecular flexibility index (Phi) is 4.52. The Morgan fingerprint density at radius 2 is 2.04 bits per heavy atom. The average molecular weight is 361 g/mol. The van der Waals surface area contributed by atoms with Gasteiger partial charge in [0.25, 0.3) is 5.56 Å². The maximum absolute atomic E-state index is 12.3. The number of aryl methyl sites for hydroxylation is 1. The molecule has 0 aliphatic rings. The van der Waals surface area contributed by atoms with E-state index in [2.05, 4.69) is 35.6 Å². The van der Waals surface area contributed by atoms with Crippen LogP contribution in [0.5, 0.6) is 0 Å². The van der Waals surface area contributed by atoms with Crippen LogP contribution in [0.15, 0.2) is 53.7 Å². The molecule has 4 N–H and O–H groups in total. The number of H-pyrrole nitrogens is 2. The van der Waals surface area contributed by atoms with Gasteiger partial charge in [-0.3, -0.25) is 4.79 Å². The van der Waals surface area contributed by atoms with E-state index in [9.17, 15) is 4.79 Å². The highest BCUT2D eigenvalue weighted by Gasteiger charge is 2.11. The molecule has 8 heteroatoms. The van der Waals surface area contributed by atoms with Gasteiger partial charge in [-0.2, -0.15) is 4.98 Å². The number of rotatable bonds is 6. The number of imidazole rings is 1. The van der Waals surface area contributed by atoms with E-state index in [1.807, 2.05) is 31.2 Å². The predicted octanol–water partition coefficient (Wildman–Crippen LogP) is 2.75. The molecule has 27 heavy (non-hydrogen) atoms. The van der Waals surface area contributed by atoms with Crippen LogP contribution in [0, 0.1) is 6.92 Å². The van der Waals surface area contributed by atoms with E-state index in [-0.39, 0.29) is 5.56 Å². The van der Waals surface area contributed by atoms with Gasteiger partial charge in [0.1, 0.15) is 17.0 Å². The van der Waals surface area contributed by atoms with E-state index in [0.29, 0.717) is 35.6 Å². The topological polar surface area (TPSA) is 111 Å². The van der Waals surface area contributed by atoms with Gasteiger partial charge in [0, 0.05) is 37.2 Å². The summed E-state index contributed by atoms with van der Waals surface area (Å²) in [7, 11) is 0. The fourth-order valence-corrected chi connectivity index (χ4v) is 2.85. The molecular formula is C19H19N7O. The molecule has 0 aliphatic heterocycles. The van der Waals surface area contributed by atoms with Gasteiger partial charge < -0.3 is 20.6 Å². The molecule has 4 rings (SSSR count). The molecule has 0 saturated carbocycles. The number of hydrogen-bond acceptors (Lipinski definition) is 6. The number of benzene rings is 1. The summed E-state index contributed by atoms with van der Waals surface area (Å²) in [6, 6.07) is 9.65. The van der Waals surface area contributed by atoms with E-state index in [0.717, 1.165) is 17.1 Å². The van der Waals surface area contributed by atoms with Crippen molar-refractivity contribution in [3.05, 3.63) is 70.7 Å². The van der Waals surface area contributed by atoms with E-state index in [4.69, 9.17) is 0 Å². The lowest BCUT2D eigenvalue weighted by atomic mass is 10.2. The lowest BCUT2D eigenvalue weighted by molar-refractivity contribution is 0.915. The molecule has 0 saturated heterocycles. The van der Waals surface area contributed by atoms with Crippen molar-refractivity contribution in [1.29, 1.82) is 0 Å². The molecule has 0 spiro atoms. The molecule has 0 radical (unpaired) electrons. The van der Waals surface area contributed by atoms with Crippen LogP contribution in [0.25, 0.3) is 10.9 Å². The Morgan fingerprint density at radius 1 is 1.11 bits per heavy atom. The van der Waals surface area contributed by atoms with Gasteiger partial charge in [0.15, 0.2) is 0 Å². The first-order valence-corrected chi connectivity index (χ1v) is 8.64. The SMILES string of the molecule is Cc1cccc(Nc2nc(NCCc3ncc[nH]3)nc3cc[nH]c(=O)c23)c1. The van der Waals surface area contributed by atoms with Crippen LogP contribution in [-0.2, 0) is 6.42 Å². The largest absolute Gasteiger partial charge is 0.354 e. The van der Waals surface area contributed by atoms with E-state index in [1.54, 1.807) is 24.7 Å². The molecule has 136 valence electrons. The van der Waals surface area contributed by atoms with Crippen LogP contribution in [0.3, 0.4) is 0 Å². The van der Waals surface area contributed by atoms with Crippen molar-refractivity contribution in [2.45, 2.75) is 13.3 Å². The Hall–Kier alpha value is -3.68. The Labute approximate surface area is 155 Å². The van der Waals surface area contributed by atoms with Crippen LogP contribution in [-0.4, -0.2) is 31.5 Å². The molecule has 8 nitrogen and oxygen atoms in total. The lowest BCUT2D eigenvalue weighted by Gasteiger charge is -2.11. The number of pyridine rings is 1. The zero-order chi connectivity index (χ0) is 18.6. The van der Waals surface area contributed by atoms with Gasteiger partial charge in [0.2, 0.25) is 5.95 Å². The molecule has 3 heterocycles. The van der Waals surface area contributed by atoms with E-state index in [1.165, 1.54) is 0 Å². The molecule has 0 bridgehead atoms. The van der Waals surface area contributed by atoms with Crippen molar-refractivity contribution < 1.29 is 0 Å². The van der Waals surface area contributed by atoms with Crippen LogP contribution in [0.2, 0.25) is 0 Å². The number of anilines is 3. The summed E-state index contributed by atoms with van der Waals surface area (Å²) in [5.41, 5.74) is 2.32. The Balaban J connectivity index is 1.66. The fraction of sp³-hybridized carbons (Fsp3) is 0.158. The molecule has 4 aromatic rings. The number of aromatic nitrogens is 5. The smallest absolute Gasteiger partial charge is 0.261 e. The first-order valence-electron chi connectivity index (χ1n) is 8.64. The second kappa shape index (κ2) is 7.28. The first kappa shape index (κ1) is 16.8. The molecule has 0 fully saturated rings.